The molecule has 8 heteroatoms. The first-order chi connectivity index (χ1) is 8.16. The molecule has 1 aromatic rings. The second-order valence-corrected chi connectivity index (χ2v) is 5.84. The number of carbonyl (C=O) groups is 1. The molecule has 0 aliphatic heterocycles. The fraction of sp³-hybridized carbons (Fsp3) is 0.600. The Labute approximate surface area is 105 Å². The number of nitrogens with zero attached hydrogens (tertiary/aromatic N) is 1. The van der Waals surface area contributed by atoms with Gasteiger partial charge in [0.2, 0.25) is 10.0 Å². The number of nitrogens with one attached hydrogen (secondary N) is 1. The maximum Gasteiger partial charge on any atom is 0.307 e. The lowest BCUT2D eigenvalue weighted by Gasteiger charge is -2.17. The van der Waals surface area contributed by atoms with Gasteiger partial charge in [0.15, 0.2) is 5.76 Å². The summed E-state index contributed by atoms with van der Waals surface area (Å²) in [5.74, 6) is -1.72. The molecule has 2 unspecified atom stereocenters. The second-order valence-electron chi connectivity index (χ2n) is 4.19. The molecular formula is C10H16N2O5S. The lowest BCUT2D eigenvalue weighted by atomic mass is 10.1. The van der Waals surface area contributed by atoms with E-state index in [0.717, 1.165) is 0 Å². The van der Waals surface area contributed by atoms with Crippen LogP contribution < -0.4 is 4.72 Å². The van der Waals surface area contributed by atoms with Crippen LogP contribution in [0.3, 0.4) is 0 Å². The highest BCUT2D eigenvalue weighted by Crippen LogP contribution is 2.19. The molecule has 1 aromatic heterocycles. The van der Waals surface area contributed by atoms with Crippen LogP contribution in [0.1, 0.15) is 25.3 Å². The summed E-state index contributed by atoms with van der Waals surface area (Å²) >= 11 is 0. The van der Waals surface area contributed by atoms with E-state index in [0.29, 0.717) is 0 Å². The Hall–Kier alpha value is -1.41. The molecule has 0 aliphatic carbocycles. The number of aliphatic carboxylic acids is 1. The SMILES string of the molecule is Cc1noc(C)c1S(=O)(=O)NC(C)C(C)C(=O)O. The molecule has 0 saturated heterocycles. The van der Waals surface area contributed by atoms with Crippen molar-refractivity contribution in [2.75, 3.05) is 0 Å². The third-order valence-corrected chi connectivity index (χ3v) is 4.52. The minimum absolute atomic E-state index is 0.0352. The van der Waals surface area contributed by atoms with Gasteiger partial charge in [-0.15, -0.1) is 0 Å². The molecule has 2 N–H and O–H groups in total. The van der Waals surface area contributed by atoms with Gasteiger partial charge < -0.3 is 9.63 Å². The Balaban J connectivity index is 3.00. The molecule has 18 heavy (non-hydrogen) atoms. The van der Waals surface area contributed by atoms with Crippen LogP contribution in [0.4, 0.5) is 0 Å². The zero-order chi connectivity index (χ0) is 14.1. The molecule has 0 fully saturated rings. The molecule has 2 atom stereocenters. The van der Waals surface area contributed by atoms with Crippen molar-refractivity contribution in [2.24, 2.45) is 5.92 Å². The van der Waals surface area contributed by atoms with E-state index in [9.17, 15) is 13.2 Å². The summed E-state index contributed by atoms with van der Waals surface area (Å²) in [6, 6.07) is -0.735. The smallest absolute Gasteiger partial charge is 0.307 e. The lowest BCUT2D eigenvalue weighted by molar-refractivity contribution is -0.141. The van der Waals surface area contributed by atoms with Gasteiger partial charge in [-0.3, -0.25) is 4.79 Å². The van der Waals surface area contributed by atoms with Gasteiger partial charge in [0.1, 0.15) is 10.6 Å². The van der Waals surface area contributed by atoms with Crippen molar-refractivity contribution in [3.63, 3.8) is 0 Å². The van der Waals surface area contributed by atoms with Crippen LogP contribution in [0.2, 0.25) is 0 Å². The highest BCUT2D eigenvalue weighted by Gasteiger charge is 2.29. The molecule has 1 heterocycles. The largest absolute Gasteiger partial charge is 0.481 e. The first-order valence-corrected chi connectivity index (χ1v) is 6.83. The fourth-order valence-electron chi connectivity index (χ4n) is 1.48. The van der Waals surface area contributed by atoms with Crippen LogP contribution in [-0.2, 0) is 14.8 Å². The highest BCUT2D eigenvalue weighted by atomic mass is 32.2. The molecule has 0 spiro atoms. The predicted octanol–water partition coefficient (Wildman–Crippen LogP) is 0.679. The zero-order valence-corrected chi connectivity index (χ0v) is 11.4. The number of aromatic nitrogens is 1. The molecule has 0 amide bonds. The molecule has 0 radical (unpaired) electrons. The van der Waals surface area contributed by atoms with Gasteiger partial charge in [-0.1, -0.05) is 12.1 Å². The van der Waals surface area contributed by atoms with Crippen molar-refractivity contribution < 1.29 is 22.8 Å². The molecule has 0 aliphatic rings. The average Bonchev–Trinajstić information content (AvgIpc) is 2.56. The Morgan fingerprint density at radius 1 is 1.39 bits per heavy atom. The van der Waals surface area contributed by atoms with Crippen LogP contribution in [0.25, 0.3) is 0 Å². The summed E-state index contributed by atoms with van der Waals surface area (Å²) in [6.07, 6.45) is 0. The topological polar surface area (TPSA) is 110 Å². The number of rotatable bonds is 5. The Kier molecular flexibility index (Phi) is 4.12. The number of sulfonamides is 1. The maximum absolute atomic E-state index is 12.1. The van der Waals surface area contributed by atoms with Crippen molar-refractivity contribution in [1.29, 1.82) is 0 Å². The van der Waals surface area contributed by atoms with Gasteiger partial charge >= 0.3 is 5.97 Å². The standard InChI is InChI=1S/C10H16N2O5S/c1-5(10(13)14)6(2)12-18(15,16)9-7(3)11-17-8(9)4/h5-6,12H,1-4H3,(H,13,14). The van der Waals surface area contributed by atoms with Gasteiger partial charge in [-0.2, -0.15) is 0 Å². The van der Waals surface area contributed by atoms with Crippen molar-refractivity contribution in [1.82, 2.24) is 9.88 Å². The molecule has 102 valence electrons. The molecule has 7 nitrogen and oxygen atoms in total. The van der Waals surface area contributed by atoms with E-state index in [-0.39, 0.29) is 16.3 Å². The predicted molar refractivity (Wildman–Crippen MR) is 62.6 cm³/mol. The van der Waals surface area contributed by atoms with E-state index >= 15 is 0 Å². The number of carboxylic acids is 1. The van der Waals surface area contributed by atoms with E-state index in [1.165, 1.54) is 27.7 Å². The Bertz CT molecular complexity index is 529. The summed E-state index contributed by atoms with van der Waals surface area (Å²) in [7, 11) is -3.83. The van der Waals surface area contributed by atoms with Crippen LogP contribution in [0.5, 0.6) is 0 Å². The Morgan fingerprint density at radius 3 is 2.33 bits per heavy atom. The highest BCUT2D eigenvalue weighted by molar-refractivity contribution is 7.89. The van der Waals surface area contributed by atoms with E-state index in [2.05, 4.69) is 9.88 Å². The van der Waals surface area contributed by atoms with Gasteiger partial charge in [-0.05, 0) is 20.8 Å². The minimum Gasteiger partial charge on any atom is -0.481 e. The van der Waals surface area contributed by atoms with Crippen molar-refractivity contribution in [2.45, 2.75) is 38.6 Å². The molecule has 0 saturated carbocycles. The van der Waals surface area contributed by atoms with Crippen molar-refractivity contribution >= 4 is 16.0 Å². The van der Waals surface area contributed by atoms with Crippen LogP contribution in [0, 0.1) is 19.8 Å². The molecular weight excluding hydrogens is 260 g/mol. The summed E-state index contributed by atoms with van der Waals surface area (Å²) in [5.41, 5.74) is 0.246. The van der Waals surface area contributed by atoms with Gasteiger partial charge in [0.05, 0.1) is 5.92 Å². The first-order valence-electron chi connectivity index (χ1n) is 5.35. The normalized spacial score (nSPS) is 15.3. The van der Waals surface area contributed by atoms with Gasteiger partial charge in [0.25, 0.3) is 0 Å². The number of aryl methyl sites for hydroxylation is 2. The molecule has 1 rings (SSSR count). The quantitative estimate of drug-likeness (QED) is 0.818. The van der Waals surface area contributed by atoms with E-state index in [1.807, 2.05) is 0 Å². The Morgan fingerprint density at radius 2 is 1.94 bits per heavy atom. The number of hydrogen-bond donors (Lipinski definition) is 2. The van der Waals surface area contributed by atoms with E-state index in [4.69, 9.17) is 9.63 Å². The number of hydrogen-bond acceptors (Lipinski definition) is 5. The van der Waals surface area contributed by atoms with Gasteiger partial charge in [-0.25, -0.2) is 13.1 Å². The van der Waals surface area contributed by atoms with Crippen molar-refractivity contribution in [3.8, 4) is 0 Å². The minimum atomic E-state index is -3.83. The molecule has 0 bridgehead atoms. The zero-order valence-electron chi connectivity index (χ0n) is 10.6. The maximum atomic E-state index is 12.1. The first kappa shape index (κ1) is 14.7. The third-order valence-electron chi connectivity index (χ3n) is 2.72. The van der Waals surface area contributed by atoms with Crippen molar-refractivity contribution in [3.05, 3.63) is 11.5 Å². The second kappa shape index (κ2) is 5.07. The van der Waals surface area contributed by atoms with Crippen LogP contribution >= 0.6 is 0 Å². The van der Waals surface area contributed by atoms with E-state index in [1.54, 1.807) is 0 Å². The average molecular weight is 276 g/mol. The van der Waals surface area contributed by atoms with Gasteiger partial charge in [0, 0.05) is 6.04 Å². The van der Waals surface area contributed by atoms with E-state index < -0.39 is 28.0 Å². The summed E-state index contributed by atoms with van der Waals surface area (Å²) in [6.45, 7) is 5.92. The fourth-order valence-corrected chi connectivity index (χ4v) is 3.13. The van der Waals surface area contributed by atoms with Crippen LogP contribution in [0.15, 0.2) is 9.42 Å². The lowest BCUT2D eigenvalue weighted by Crippen LogP contribution is -2.40. The molecule has 0 aromatic carbocycles. The monoisotopic (exact) mass is 276 g/mol. The summed E-state index contributed by atoms with van der Waals surface area (Å²) < 4.78 is 31.2. The summed E-state index contributed by atoms with van der Waals surface area (Å²) in [5, 5.41) is 12.4. The van der Waals surface area contributed by atoms with Crippen LogP contribution in [-0.4, -0.2) is 30.7 Å². The number of carboxylic acid groups (broad SMARTS) is 1. The third kappa shape index (κ3) is 2.88. The summed E-state index contributed by atoms with van der Waals surface area (Å²) in [4.78, 5) is 10.7.